The first-order valence-corrected chi connectivity index (χ1v) is 4.28. The van der Waals surface area contributed by atoms with Crippen molar-refractivity contribution < 1.29 is 0 Å². The fourth-order valence-corrected chi connectivity index (χ4v) is 0.987. The monoisotopic (exact) mass is 159 g/mol. The molecular formula is C8H21N3. The molecule has 0 aromatic rings. The summed E-state index contributed by atoms with van der Waals surface area (Å²) in [5.41, 5.74) is 11.1. The van der Waals surface area contributed by atoms with Crippen LogP contribution in [-0.4, -0.2) is 18.2 Å². The van der Waals surface area contributed by atoms with Crippen LogP contribution in [0.4, 0.5) is 0 Å². The highest BCUT2D eigenvalue weighted by Crippen LogP contribution is 2.02. The molecule has 0 rings (SSSR count). The molecule has 11 heavy (non-hydrogen) atoms. The smallest absolute Gasteiger partial charge is 0.0632 e. The van der Waals surface area contributed by atoms with Gasteiger partial charge in [0.05, 0.1) is 5.66 Å². The van der Waals surface area contributed by atoms with Gasteiger partial charge in [0.25, 0.3) is 0 Å². The number of nitrogens with one attached hydrogen (secondary N) is 1. The van der Waals surface area contributed by atoms with Crippen molar-refractivity contribution >= 4 is 0 Å². The molecule has 5 N–H and O–H groups in total. The van der Waals surface area contributed by atoms with Crippen LogP contribution in [0.5, 0.6) is 0 Å². The van der Waals surface area contributed by atoms with E-state index in [4.69, 9.17) is 11.5 Å². The maximum absolute atomic E-state index is 5.90. The van der Waals surface area contributed by atoms with Gasteiger partial charge in [0.1, 0.15) is 0 Å². The number of rotatable bonds is 5. The average Bonchev–Trinajstić information content (AvgIpc) is 1.87. The second kappa shape index (κ2) is 4.70. The van der Waals surface area contributed by atoms with Gasteiger partial charge in [-0.15, -0.1) is 0 Å². The van der Waals surface area contributed by atoms with Crippen LogP contribution in [0.2, 0.25) is 0 Å². The Morgan fingerprint density at radius 1 is 1.55 bits per heavy atom. The van der Waals surface area contributed by atoms with Gasteiger partial charge in [-0.25, -0.2) is 0 Å². The lowest BCUT2D eigenvalue weighted by Crippen LogP contribution is -2.54. The van der Waals surface area contributed by atoms with Crippen LogP contribution in [0.25, 0.3) is 0 Å². The van der Waals surface area contributed by atoms with Crippen molar-refractivity contribution in [3.8, 4) is 0 Å². The molecule has 0 spiro atoms. The minimum absolute atomic E-state index is 0.241. The third-order valence-electron chi connectivity index (χ3n) is 1.91. The molecule has 0 heterocycles. The van der Waals surface area contributed by atoms with E-state index in [1.54, 1.807) is 0 Å². The first-order valence-electron chi connectivity index (χ1n) is 4.28. The van der Waals surface area contributed by atoms with E-state index in [0.717, 1.165) is 12.8 Å². The van der Waals surface area contributed by atoms with E-state index >= 15 is 0 Å². The summed E-state index contributed by atoms with van der Waals surface area (Å²) in [6.45, 7) is 6.89. The maximum Gasteiger partial charge on any atom is 0.0632 e. The fraction of sp³-hybridized carbons (Fsp3) is 1.00. The molecule has 0 aromatic carbocycles. The molecule has 0 aliphatic carbocycles. The van der Waals surface area contributed by atoms with E-state index in [0.29, 0.717) is 12.6 Å². The van der Waals surface area contributed by atoms with Crippen LogP contribution in [0, 0.1) is 0 Å². The normalized spacial score (nSPS) is 19.4. The molecule has 0 bridgehead atoms. The first kappa shape index (κ1) is 10.9. The molecule has 0 aliphatic heterocycles. The highest BCUT2D eigenvalue weighted by Gasteiger charge is 2.16. The molecule has 0 fully saturated rings. The quantitative estimate of drug-likeness (QED) is 0.509. The van der Waals surface area contributed by atoms with Crippen LogP contribution >= 0.6 is 0 Å². The highest BCUT2D eigenvalue weighted by atomic mass is 15.1. The van der Waals surface area contributed by atoms with Gasteiger partial charge in [-0.2, -0.15) is 0 Å². The molecule has 2 atom stereocenters. The Morgan fingerprint density at radius 2 is 2.09 bits per heavy atom. The van der Waals surface area contributed by atoms with Gasteiger partial charge in [0.2, 0.25) is 0 Å². The molecule has 3 heteroatoms. The summed E-state index contributed by atoms with van der Waals surface area (Å²) in [5, 5.41) is 3.30. The molecule has 0 saturated heterocycles. The van der Waals surface area contributed by atoms with Crippen LogP contribution in [-0.2, 0) is 0 Å². The predicted octanol–water partition coefficient (Wildman–Crippen LogP) is 0.398. The van der Waals surface area contributed by atoms with E-state index in [2.05, 4.69) is 19.2 Å². The minimum atomic E-state index is -0.241. The lowest BCUT2D eigenvalue weighted by molar-refractivity contribution is 0.310. The van der Waals surface area contributed by atoms with Crippen molar-refractivity contribution in [2.24, 2.45) is 11.5 Å². The second-order valence-corrected chi connectivity index (χ2v) is 3.39. The summed E-state index contributed by atoms with van der Waals surface area (Å²) in [5.74, 6) is 0. The van der Waals surface area contributed by atoms with E-state index < -0.39 is 0 Å². The highest BCUT2D eigenvalue weighted by molar-refractivity contribution is 4.77. The van der Waals surface area contributed by atoms with Crippen molar-refractivity contribution in [3.63, 3.8) is 0 Å². The van der Waals surface area contributed by atoms with Crippen LogP contribution in [0.3, 0.4) is 0 Å². The Labute approximate surface area is 69.5 Å². The standard InChI is InChI=1S/C8H21N3/c1-4-8(3,10)11-7(2)5-6-9/h7,11H,4-6,9-10H2,1-3H3/t7?,8-/m0/s1. The molecule has 1 unspecified atom stereocenters. The molecule has 3 nitrogen and oxygen atoms in total. The zero-order valence-corrected chi connectivity index (χ0v) is 7.85. The van der Waals surface area contributed by atoms with Crippen molar-refractivity contribution in [2.45, 2.75) is 45.3 Å². The summed E-state index contributed by atoms with van der Waals surface area (Å²) in [6, 6.07) is 0.412. The van der Waals surface area contributed by atoms with E-state index in [-0.39, 0.29) is 5.66 Å². The molecule has 0 aliphatic rings. The third-order valence-corrected chi connectivity index (χ3v) is 1.91. The Bertz CT molecular complexity index is 102. The average molecular weight is 159 g/mol. The second-order valence-electron chi connectivity index (χ2n) is 3.39. The molecule has 0 radical (unpaired) electrons. The molecule has 0 saturated carbocycles. The van der Waals surface area contributed by atoms with Gasteiger partial charge in [0, 0.05) is 6.04 Å². The van der Waals surface area contributed by atoms with E-state index in [1.807, 2.05) is 6.92 Å². The third kappa shape index (κ3) is 5.18. The number of hydrogen-bond donors (Lipinski definition) is 3. The van der Waals surface area contributed by atoms with Crippen molar-refractivity contribution in [3.05, 3.63) is 0 Å². The summed E-state index contributed by atoms with van der Waals surface area (Å²) >= 11 is 0. The maximum atomic E-state index is 5.90. The Morgan fingerprint density at radius 3 is 2.45 bits per heavy atom. The lowest BCUT2D eigenvalue weighted by atomic mass is 10.1. The zero-order chi connectivity index (χ0) is 8.91. The Hall–Kier alpha value is -0.120. The van der Waals surface area contributed by atoms with Crippen molar-refractivity contribution in [1.82, 2.24) is 5.32 Å². The Kier molecular flexibility index (Phi) is 4.65. The topological polar surface area (TPSA) is 64.1 Å². The summed E-state index contributed by atoms with van der Waals surface area (Å²) in [6.07, 6.45) is 1.91. The van der Waals surface area contributed by atoms with Gasteiger partial charge in [-0.3, -0.25) is 5.32 Å². The summed E-state index contributed by atoms with van der Waals surface area (Å²) in [7, 11) is 0. The lowest BCUT2D eigenvalue weighted by Gasteiger charge is -2.28. The largest absolute Gasteiger partial charge is 0.330 e. The van der Waals surface area contributed by atoms with Gasteiger partial charge < -0.3 is 11.5 Å². The number of nitrogens with two attached hydrogens (primary N) is 2. The predicted molar refractivity (Wildman–Crippen MR) is 49.2 cm³/mol. The van der Waals surface area contributed by atoms with Gasteiger partial charge in [-0.1, -0.05) is 6.92 Å². The van der Waals surface area contributed by atoms with Crippen molar-refractivity contribution in [2.75, 3.05) is 6.54 Å². The molecule has 68 valence electrons. The zero-order valence-electron chi connectivity index (χ0n) is 7.85. The Balaban J connectivity index is 3.64. The van der Waals surface area contributed by atoms with Crippen LogP contribution in [0.15, 0.2) is 0 Å². The summed E-state index contributed by atoms with van der Waals surface area (Å²) in [4.78, 5) is 0. The SMILES string of the molecule is CC[C@@](C)(N)NC(C)CCN. The van der Waals surface area contributed by atoms with Crippen molar-refractivity contribution in [1.29, 1.82) is 0 Å². The van der Waals surface area contributed by atoms with E-state index in [1.165, 1.54) is 0 Å². The molecule has 0 aromatic heterocycles. The van der Waals surface area contributed by atoms with Crippen LogP contribution in [0.1, 0.15) is 33.6 Å². The summed E-state index contributed by atoms with van der Waals surface area (Å²) < 4.78 is 0. The first-order chi connectivity index (χ1) is 5.02. The van der Waals surface area contributed by atoms with E-state index in [9.17, 15) is 0 Å². The molecule has 0 amide bonds. The number of hydrogen-bond acceptors (Lipinski definition) is 3. The minimum Gasteiger partial charge on any atom is -0.330 e. The van der Waals surface area contributed by atoms with Crippen LogP contribution < -0.4 is 16.8 Å². The van der Waals surface area contributed by atoms with Gasteiger partial charge in [0.15, 0.2) is 0 Å². The van der Waals surface area contributed by atoms with Gasteiger partial charge in [-0.05, 0) is 33.2 Å². The fourth-order valence-electron chi connectivity index (χ4n) is 0.987. The molecular weight excluding hydrogens is 138 g/mol. The van der Waals surface area contributed by atoms with Gasteiger partial charge >= 0.3 is 0 Å².